The maximum atomic E-state index is 13.6. The Bertz CT molecular complexity index is 1380. The summed E-state index contributed by atoms with van der Waals surface area (Å²) < 4.78 is 1.97. The minimum atomic E-state index is -0.227. The number of pyridine rings is 1. The number of fused-ring (bicyclic) bond motifs is 1. The summed E-state index contributed by atoms with van der Waals surface area (Å²) in [5.74, 6) is 0.355. The standard InChI is InChI=1S/C26H27N5O3S2/c1-18(19-7-3-2-4-8-19)31-25(34)21(36-26(31)35)17-20-23(29-13-11-28(12-14-29)15-16-32)27-22-9-5-6-10-30(22)24(20)33/h2-10,17-18,32H,11-16H2,1H3/b21-17+. The van der Waals surface area contributed by atoms with E-state index in [2.05, 4.69) is 9.80 Å². The van der Waals surface area contributed by atoms with E-state index in [1.165, 1.54) is 16.2 Å². The Hall–Kier alpha value is -3.05. The topological polar surface area (TPSA) is 81.4 Å². The molecule has 2 saturated heterocycles. The third-order valence-corrected chi connectivity index (χ3v) is 7.94. The molecule has 0 spiro atoms. The average molecular weight is 522 g/mol. The fraction of sp³-hybridized carbons (Fsp3) is 0.308. The first-order valence-corrected chi connectivity index (χ1v) is 13.1. The molecule has 2 aliphatic heterocycles. The molecule has 0 bridgehead atoms. The molecule has 10 heteroatoms. The lowest BCUT2D eigenvalue weighted by Gasteiger charge is -2.35. The first-order chi connectivity index (χ1) is 17.5. The molecule has 3 aromatic rings. The van der Waals surface area contributed by atoms with Crippen LogP contribution in [0.15, 0.2) is 64.4 Å². The molecule has 0 aliphatic carbocycles. The molecular formula is C26H27N5O3S2. The number of anilines is 1. The number of carbonyl (C=O) groups excluding carboxylic acids is 1. The smallest absolute Gasteiger partial charge is 0.267 e. The van der Waals surface area contributed by atoms with Crippen LogP contribution in [0, 0.1) is 0 Å². The lowest BCUT2D eigenvalue weighted by atomic mass is 10.1. The Balaban J connectivity index is 1.53. The maximum Gasteiger partial charge on any atom is 0.267 e. The highest BCUT2D eigenvalue weighted by atomic mass is 32.2. The molecule has 2 aliphatic rings. The van der Waals surface area contributed by atoms with Gasteiger partial charge >= 0.3 is 0 Å². The van der Waals surface area contributed by atoms with Crippen molar-refractivity contribution < 1.29 is 9.90 Å². The van der Waals surface area contributed by atoms with Crippen LogP contribution in [0.2, 0.25) is 0 Å². The number of thiocarbonyl (C=S) groups is 1. The van der Waals surface area contributed by atoms with Crippen molar-refractivity contribution in [3.05, 3.63) is 81.1 Å². The quantitative estimate of drug-likeness (QED) is 0.392. The summed E-state index contributed by atoms with van der Waals surface area (Å²) in [6.45, 7) is 5.54. The van der Waals surface area contributed by atoms with Crippen molar-refractivity contribution in [2.45, 2.75) is 13.0 Å². The molecule has 0 radical (unpaired) electrons. The molecule has 1 amide bonds. The van der Waals surface area contributed by atoms with Gasteiger partial charge in [-0.25, -0.2) is 4.98 Å². The molecule has 8 nitrogen and oxygen atoms in total. The zero-order chi connectivity index (χ0) is 25.2. The van der Waals surface area contributed by atoms with Crippen LogP contribution in [0.5, 0.6) is 0 Å². The molecule has 1 atom stereocenters. The molecule has 2 aromatic heterocycles. The van der Waals surface area contributed by atoms with E-state index in [4.69, 9.17) is 17.2 Å². The van der Waals surface area contributed by atoms with Crippen molar-refractivity contribution in [1.82, 2.24) is 19.2 Å². The number of thioether (sulfide) groups is 1. The van der Waals surface area contributed by atoms with Gasteiger partial charge in [0.25, 0.3) is 11.5 Å². The van der Waals surface area contributed by atoms with Gasteiger partial charge in [-0.1, -0.05) is 60.4 Å². The van der Waals surface area contributed by atoms with Crippen LogP contribution in [0.25, 0.3) is 11.7 Å². The lowest BCUT2D eigenvalue weighted by molar-refractivity contribution is -0.123. The molecule has 1 aromatic carbocycles. The summed E-state index contributed by atoms with van der Waals surface area (Å²) in [4.78, 5) is 38.2. The largest absolute Gasteiger partial charge is 0.395 e. The summed E-state index contributed by atoms with van der Waals surface area (Å²) in [6.07, 6.45) is 3.34. The van der Waals surface area contributed by atoms with Crippen LogP contribution >= 0.6 is 24.0 Å². The number of piperazine rings is 1. The van der Waals surface area contributed by atoms with Gasteiger partial charge in [-0.05, 0) is 30.7 Å². The van der Waals surface area contributed by atoms with Gasteiger partial charge in [0.05, 0.1) is 23.1 Å². The van der Waals surface area contributed by atoms with E-state index in [-0.39, 0.29) is 24.1 Å². The predicted molar refractivity (Wildman–Crippen MR) is 147 cm³/mol. The number of amides is 1. The van der Waals surface area contributed by atoms with Crippen molar-refractivity contribution in [3.63, 3.8) is 0 Å². The molecule has 0 saturated carbocycles. The Morgan fingerprint density at radius 1 is 1.08 bits per heavy atom. The van der Waals surface area contributed by atoms with Gasteiger partial charge in [0.15, 0.2) is 0 Å². The van der Waals surface area contributed by atoms with Gasteiger partial charge in [0, 0.05) is 38.9 Å². The van der Waals surface area contributed by atoms with Crippen LogP contribution < -0.4 is 10.5 Å². The Morgan fingerprint density at radius 3 is 2.53 bits per heavy atom. The molecule has 5 rings (SSSR count). The third-order valence-electron chi connectivity index (χ3n) is 6.61. The number of rotatable bonds is 6. The summed E-state index contributed by atoms with van der Waals surface area (Å²) in [5.41, 5.74) is 1.69. The minimum absolute atomic E-state index is 0.115. The van der Waals surface area contributed by atoms with E-state index in [0.717, 1.165) is 18.7 Å². The van der Waals surface area contributed by atoms with Crippen LogP contribution in [0.3, 0.4) is 0 Å². The zero-order valence-electron chi connectivity index (χ0n) is 19.9. The first kappa shape index (κ1) is 24.6. The van der Waals surface area contributed by atoms with Gasteiger partial charge < -0.3 is 10.0 Å². The third kappa shape index (κ3) is 4.69. The van der Waals surface area contributed by atoms with E-state index < -0.39 is 0 Å². The van der Waals surface area contributed by atoms with Gasteiger partial charge in [-0.3, -0.25) is 23.8 Å². The highest BCUT2D eigenvalue weighted by Gasteiger charge is 2.36. The van der Waals surface area contributed by atoms with Crippen LogP contribution in [-0.2, 0) is 4.79 Å². The summed E-state index contributed by atoms with van der Waals surface area (Å²) in [6, 6.07) is 15.0. The lowest BCUT2D eigenvalue weighted by Crippen LogP contribution is -2.48. The number of hydrogen-bond donors (Lipinski definition) is 1. The summed E-state index contributed by atoms with van der Waals surface area (Å²) in [7, 11) is 0. The molecule has 186 valence electrons. The number of hydrogen-bond acceptors (Lipinski definition) is 8. The van der Waals surface area contributed by atoms with E-state index in [9.17, 15) is 14.7 Å². The number of aromatic nitrogens is 2. The van der Waals surface area contributed by atoms with E-state index in [1.807, 2.05) is 43.3 Å². The Morgan fingerprint density at radius 2 is 1.81 bits per heavy atom. The molecule has 2 fully saturated rings. The van der Waals surface area contributed by atoms with Crippen molar-refractivity contribution in [3.8, 4) is 0 Å². The van der Waals surface area contributed by atoms with Crippen LogP contribution in [0.4, 0.5) is 5.82 Å². The summed E-state index contributed by atoms with van der Waals surface area (Å²) in [5, 5.41) is 9.27. The van der Waals surface area contributed by atoms with Gasteiger partial charge in [0.2, 0.25) is 0 Å². The Labute approximate surface area is 218 Å². The van der Waals surface area contributed by atoms with Crippen molar-refractivity contribution in [1.29, 1.82) is 0 Å². The number of carbonyl (C=O) groups is 1. The fourth-order valence-electron chi connectivity index (χ4n) is 4.61. The average Bonchev–Trinajstić information content (AvgIpc) is 3.18. The Kier molecular flexibility index (Phi) is 7.20. The number of aliphatic hydroxyl groups is 1. The highest BCUT2D eigenvalue weighted by molar-refractivity contribution is 8.26. The maximum absolute atomic E-state index is 13.6. The molecular weight excluding hydrogens is 494 g/mol. The number of benzene rings is 1. The van der Waals surface area contributed by atoms with Gasteiger partial charge in [-0.15, -0.1) is 0 Å². The molecule has 1 unspecified atom stereocenters. The van der Waals surface area contributed by atoms with Crippen LogP contribution in [-0.4, -0.2) is 73.8 Å². The van der Waals surface area contributed by atoms with E-state index in [0.29, 0.717) is 45.9 Å². The fourth-order valence-corrected chi connectivity index (χ4v) is 6.01. The van der Waals surface area contributed by atoms with Crippen molar-refractivity contribution >= 4 is 51.7 Å². The zero-order valence-corrected chi connectivity index (χ0v) is 21.5. The normalized spacial score (nSPS) is 19.0. The summed E-state index contributed by atoms with van der Waals surface area (Å²) >= 11 is 6.80. The minimum Gasteiger partial charge on any atom is -0.395 e. The van der Waals surface area contributed by atoms with Gasteiger partial charge in [-0.2, -0.15) is 0 Å². The number of aliphatic hydroxyl groups excluding tert-OH is 1. The predicted octanol–water partition coefficient (Wildman–Crippen LogP) is 2.77. The second kappa shape index (κ2) is 10.5. The SMILES string of the molecule is CC(c1ccccc1)N1C(=O)/C(=C\c2c(N3CCN(CCO)CC3)nc3ccccn3c2=O)SC1=S. The highest BCUT2D eigenvalue weighted by Crippen LogP contribution is 2.38. The van der Waals surface area contributed by atoms with Crippen LogP contribution in [0.1, 0.15) is 24.1 Å². The number of β-amino-alcohol motifs (C(OH)–C–C–N with tert-alkyl or cyclic N) is 1. The van der Waals surface area contributed by atoms with Crippen molar-refractivity contribution in [2.24, 2.45) is 0 Å². The van der Waals surface area contributed by atoms with Gasteiger partial charge in [0.1, 0.15) is 15.8 Å². The second-order valence-electron chi connectivity index (χ2n) is 8.77. The second-order valence-corrected chi connectivity index (χ2v) is 10.4. The first-order valence-electron chi connectivity index (χ1n) is 11.9. The molecule has 36 heavy (non-hydrogen) atoms. The van der Waals surface area contributed by atoms with E-state index >= 15 is 0 Å². The molecule has 4 heterocycles. The van der Waals surface area contributed by atoms with E-state index in [1.54, 1.807) is 29.3 Å². The number of nitrogens with zero attached hydrogens (tertiary/aromatic N) is 5. The monoisotopic (exact) mass is 521 g/mol. The molecule has 1 N–H and O–H groups in total. The van der Waals surface area contributed by atoms with Crippen molar-refractivity contribution in [2.75, 3.05) is 44.2 Å².